The molecule has 0 saturated heterocycles. The Morgan fingerprint density at radius 2 is 2.16 bits per heavy atom. The number of ether oxygens (including phenoxy) is 2. The summed E-state index contributed by atoms with van der Waals surface area (Å²) in [5.41, 5.74) is 5.96. The summed E-state index contributed by atoms with van der Waals surface area (Å²) in [4.78, 5) is 7.70. The molecule has 0 radical (unpaired) electrons. The molecule has 0 aliphatic heterocycles. The molecule has 0 aliphatic carbocycles. The molecule has 0 saturated carbocycles. The number of hydrogen-bond donors (Lipinski definition) is 1. The SMILES string of the molecule is COc1ncc(Cl)c(Oc2cc(F)c(Br)cc2N)n1. The third-order valence-corrected chi connectivity index (χ3v) is 3.00. The van der Waals surface area contributed by atoms with E-state index in [0.717, 1.165) is 6.07 Å². The number of nitrogens with two attached hydrogens (primary N) is 1. The van der Waals surface area contributed by atoms with E-state index < -0.39 is 5.82 Å². The predicted octanol–water partition coefficient (Wildman–Crippen LogP) is 3.41. The Morgan fingerprint density at radius 1 is 1.42 bits per heavy atom. The van der Waals surface area contributed by atoms with E-state index in [2.05, 4.69) is 25.9 Å². The number of methoxy groups -OCH3 is 1. The third kappa shape index (κ3) is 3.05. The maximum atomic E-state index is 13.4. The van der Waals surface area contributed by atoms with Crippen LogP contribution in [0.15, 0.2) is 22.8 Å². The number of hydrogen-bond acceptors (Lipinski definition) is 5. The van der Waals surface area contributed by atoms with E-state index >= 15 is 0 Å². The Kier molecular flexibility index (Phi) is 4.06. The summed E-state index contributed by atoms with van der Waals surface area (Å²) < 4.78 is 23.9. The number of anilines is 1. The van der Waals surface area contributed by atoms with Gasteiger partial charge in [-0.05, 0) is 22.0 Å². The molecular formula is C11H8BrClFN3O2. The lowest BCUT2D eigenvalue weighted by Gasteiger charge is -2.10. The quantitative estimate of drug-likeness (QED) is 0.861. The van der Waals surface area contributed by atoms with Gasteiger partial charge < -0.3 is 15.2 Å². The van der Waals surface area contributed by atoms with Crippen LogP contribution >= 0.6 is 27.5 Å². The molecule has 2 rings (SSSR count). The molecule has 0 unspecified atom stereocenters. The first kappa shape index (κ1) is 13.8. The molecule has 0 fully saturated rings. The van der Waals surface area contributed by atoms with E-state index in [4.69, 9.17) is 26.8 Å². The Labute approximate surface area is 121 Å². The summed E-state index contributed by atoms with van der Waals surface area (Å²) in [5, 5.41) is 0.156. The molecular weight excluding hydrogens is 340 g/mol. The lowest BCUT2D eigenvalue weighted by atomic mass is 10.3. The minimum atomic E-state index is -0.513. The molecule has 100 valence electrons. The molecule has 0 atom stereocenters. The van der Waals surface area contributed by atoms with Crippen molar-refractivity contribution in [1.82, 2.24) is 9.97 Å². The smallest absolute Gasteiger partial charge is 0.319 e. The van der Waals surface area contributed by atoms with Crippen LogP contribution in [-0.2, 0) is 0 Å². The fourth-order valence-electron chi connectivity index (χ4n) is 1.24. The fraction of sp³-hybridized carbons (Fsp3) is 0.0909. The normalized spacial score (nSPS) is 10.3. The number of nitrogen functional groups attached to an aromatic ring is 1. The van der Waals surface area contributed by atoms with Gasteiger partial charge in [0.25, 0.3) is 0 Å². The lowest BCUT2D eigenvalue weighted by molar-refractivity contribution is 0.366. The van der Waals surface area contributed by atoms with E-state index in [1.165, 1.54) is 19.4 Å². The van der Waals surface area contributed by atoms with Gasteiger partial charge in [0, 0.05) is 6.07 Å². The van der Waals surface area contributed by atoms with Gasteiger partial charge in [-0.3, -0.25) is 0 Å². The highest BCUT2D eigenvalue weighted by Crippen LogP contribution is 2.34. The largest absolute Gasteiger partial charge is 0.467 e. The zero-order valence-corrected chi connectivity index (χ0v) is 12.0. The topological polar surface area (TPSA) is 70.3 Å². The van der Waals surface area contributed by atoms with Gasteiger partial charge in [0.2, 0.25) is 5.88 Å². The van der Waals surface area contributed by atoms with E-state index in [9.17, 15) is 4.39 Å². The molecule has 5 nitrogen and oxygen atoms in total. The maximum absolute atomic E-state index is 13.4. The van der Waals surface area contributed by atoms with Gasteiger partial charge in [-0.2, -0.15) is 4.98 Å². The van der Waals surface area contributed by atoms with E-state index in [1.807, 2.05) is 0 Å². The first-order valence-corrected chi connectivity index (χ1v) is 6.17. The number of benzene rings is 1. The van der Waals surface area contributed by atoms with Crippen LogP contribution in [-0.4, -0.2) is 17.1 Å². The van der Waals surface area contributed by atoms with Gasteiger partial charge in [0.05, 0.1) is 23.5 Å². The molecule has 1 aromatic heterocycles. The molecule has 1 aromatic carbocycles. The highest BCUT2D eigenvalue weighted by Gasteiger charge is 2.12. The second-order valence-corrected chi connectivity index (χ2v) is 4.68. The molecule has 19 heavy (non-hydrogen) atoms. The van der Waals surface area contributed by atoms with Crippen molar-refractivity contribution in [3.8, 4) is 17.6 Å². The summed E-state index contributed by atoms with van der Waals surface area (Å²) in [6.45, 7) is 0. The monoisotopic (exact) mass is 347 g/mol. The summed E-state index contributed by atoms with van der Waals surface area (Å²) in [6.07, 6.45) is 1.31. The van der Waals surface area contributed by atoms with Crippen LogP contribution in [0.4, 0.5) is 10.1 Å². The van der Waals surface area contributed by atoms with Crippen molar-refractivity contribution in [2.24, 2.45) is 0 Å². The van der Waals surface area contributed by atoms with E-state index in [-0.39, 0.29) is 32.8 Å². The first-order valence-electron chi connectivity index (χ1n) is 5.00. The van der Waals surface area contributed by atoms with Crippen molar-refractivity contribution >= 4 is 33.2 Å². The van der Waals surface area contributed by atoms with Crippen molar-refractivity contribution in [3.63, 3.8) is 0 Å². The zero-order chi connectivity index (χ0) is 14.0. The van der Waals surface area contributed by atoms with Gasteiger partial charge in [-0.1, -0.05) is 11.6 Å². The van der Waals surface area contributed by atoms with Crippen molar-refractivity contribution in [2.75, 3.05) is 12.8 Å². The van der Waals surface area contributed by atoms with Gasteiger partial charge in [0.15, 0.2) is 5.75 Å². The molecule has 2 N–H and O–H groups in total. The molecule has 1 heterocycles. The van der Waals surface area contributed by atoms with Gasteiger partial charge in [0.1, 0.15) is 10.8 Å². The highest BCUT2D eigenvalue weighted by molar-refractivity contribution is 9.10. The molecule has 0 amide bonds. The molecule has 0 aliphatic rings. The molecule has 2 aromatic rings. The second-order valence-electron chi connectivity index (χ2n) is 3.42. The van der Waals surface area contributed by atoms with Crippen molar-refractivity contribution < 1.29 is 13.9 Å². The number of halogens is 3. The molecule has 0 bridgehead atoms. The predicted molar refractivity (Wildman–Crippen MR) is 72.2 cm³/mol. The fourth-order valence-corrected chi connectivity index (χ4v) is 1.73. The van der Waals surface area contributed by atoms with Crippen molar-refractivity contribution in [2.45, 2.75) is 0 Å². The number of rotatable bonds is 3. The van der Waals surface area contributed by atoms with Crippen LogP contribution in [0.5, 0.6) is 17.6 Å². The Bertz CT molecular complexity index is 627. The average molecular weight is 349 g/mol. The minimum absolute atomic E-state index is 0.0296. The summed E-state index contributed by atoms with van der Waals surface area (Å²) in [5.74, 6) is -0.383. The average Bonchev–Trinajstić information content (AvgIpc) is 2.38. The summed E-state index contributed by atoms with van der Waals surface area (Å²) >= 11 is 8.90. The van der Waals surface area contributed by atoms with Crippen LogP contribution < -0.4 is 15.2 Å². The van der Waals surface area contributed by atoms with E-state index in [1.54, 1.807) is 0 Å². The highest BCUT2D eigenvalue weighted by atomic mass is 79.9. The second kappa shape index (κ2) is 5.58. The summed E-state index contributed by atoms with van der Waals surface area (Å²) in [7, 11) is 1.40. The zero-order valence-electron chi connectivity index (χ0n) is 9.65. The van der Waals surface area contributed by atoms with E-state index in [0.29, 0.717) is 0 Å². The van der Waals surface area contributed by atoms with Crippen LogP contribution in [0.1, 0.15) is 0 Å². The van der Waals surface area contributed by atoms with Crippen LogP contribution in [0.3, 0.4) is 0 Å². The Balaban J connectivity index is 2.38. The molecule has 0 spiro atoms. The van der Waals surface area contributed by atoms with Gasteiger partial charge in [-0.25, -0.2) is 9.37 Å². The third-order valence-electron chi connectivity index (χ3n) is 2.13. The van der Waals surface area contributed by atoms with Crippen LogP contribution in [0.25, 0.3) is 0 Å². The Morgan fingerprint density at radius 3 is 2.84 bits per heavy atom. The lowest BCUT2D eigenvalue weighted by Crippen LogP contribution is -1.98. The minimum Gasteiger partial charge on any atom is -0.467 e. The summed E-state index contributed by atoms with van der Waals surface area (Å²) in [6, 6.07) is 2.59. The molecule has 8 heteroatoms. The van der Waals surface area contributed by atoms with Crippen molar-refractivity contribution in [3.05, 3.63) is 33.6 Å². The number of aromatic nitrogens is 2. The van der Waals surface area contributed by atoms with Crippen LogP contribution in [0.2, 0.25) is 5.02 Å². The van der Waals surface area contributed by atoms with Gasteiger partial charge in [-0.15, -0.1) is 0 Å². The Hall–Kier alpha value is -1.60. The number of nitrogens with zero attached hydrogens (tertiary/aromatic N) is 2. The standard InChI is InChI=1S/C11H8BrClFN3O2/c1-18-11-16-4-6(13)10(17-11)19-9-3-7(14)5(12)2-8(9)15/h2-4H,15H2,1H3. The van der Waals surface area contributed by atoms with Crippen LogP contribution in [0, 0.1) is 5.82 Å². The van der Waals surface area contributed by atoms with Gasteiger partial charge >= 0.3 is 6.01 Å². The first-order chi connectivity index (χ1) is 9.01. The van der Waals surface area contributed by atoms with Crippen molar-refractivity contribution in [1.29, 1.82) is 0 Å². The maximum Gasteiger partial charge on any atom is 0.319 e.